The van der Waals surface area contributed by atoms with Gasteiger partial charge in [-0.15, -0.1) is 0 Å². The van der Waals surface area contributed by atoms with Gasteiger partial charge in [-0.2, -0.15) is 5.10 Å². The first-order chi connectivity index (χ1) is 7.99. The van der Waals surface area contributed by atoms with Gasteiger partial charge in [0.25, 0.3) is 10.0 Å². The number of anilines is 2. The fraction of sp³-hybridized carbons (Fsp3) is 0. The summed E-state index contributed by atoms with van der Waals surface area (Å²) in [6.45, 7) is 0. The molecular formula is C8H8BrN5O2S. The van der Waals surface area contributed by atoms with Gasteiger partial charge in [0.05, 0.1) is 6.20 Å². The van der Waals surface area contributed by atoms with E-state index in [0.29, 0.717) is 0 Å². The average molecular weight is 318 g/mol. The Morgan fingerprint density at radius 3 is 2.65 bits per heavy atom. The number of nitrogen functional groups attached to an aromatic ring is 1. The SMILES string of the molecule is Nc1[nH]ncc1S(=O)(=O)Nc1ccc(Br)cn1. The molecule has 0 bridgehead atoms. The second kappa shape index (κ2) is 4.34. The van der Waals surface area contributed by atoms with Crippen LogP contribution in [0.2, 0.25) is 0 Å². The van der Waals surface area contributed by atoms with E-state index in [2.05, 4.69) is 35.8 Å². The summed E-state index contributed by atoms with van der Waals surface area (Å²) >= 11 is 3.20. The van der Waals surface area contributed by atoms with Crippen LogP contribution in [0.3, 0.4) is 0 Å². The number of hydrogen-bond acceptors (Lipinski definition) is 5. The molecular weight excluding hydrogens is 310 g/mol. The topological polar surface area (TPSA) is 114 Å². The fourth-order valence-electron chi connectivity index (χ4n) is 1.13. The van der Waals surface area contributed by atoms with Gasteiger partial charge in [-0.3, -0.25) is 9.82 Å². The summed E-state index contributed by atoms with van der Waals surface area (Å²) in [5, 5.41) is 5.90. The molecule has 0 spiro atoms. The van der Waals surface area contributed by atoms with E-state index in [1.807, 2.05) is 0 Å². The average Bonchev–Trinajstić information content (AvgIpc) is 2.68. The Labute approximate surface area is 106 Å². The van der Waals surface area contributed by atoms with Crippen LogP contribution in [0.25, 0.3) is 0 Å². The van der Waals surface area contributed by atoms with Crippen LogP contribution in [-0.4, -0.2) is 23.6 Å². The molecule has 90 valence electrons. The summed E-state index contributed by atoms with van der Waals surface area (Å²) in [4.78, 5) is 3.79. The first kappa shape index (κ1) is 11.9. The predicted octanol–water partition coefficient (Wildman–Crippen LogP) is 0.950. The monoisotopic (exact) mass is 317 g/mol. The number of sulfonamides is 1. The maximum atomic E-state index is 11.9. The highest BCUT2D eigenvalue weighted by Gasteiger charge is 2.19. The Bertz CT molecular complexity index is 622. The number of pyridine rings is 1. The zero-order chi connectivity index (χ0) is 12.5. The number of hydrogen-bond donors (Lipinski definition) is 3. The van der Waals surface area contributed by atoms with Crippen molar-refractivity contribution >= 4 is 37.6 Å². The zero-order valence-corrected chi connectivity index (χ0v) is 10.8. The van der Waals surface area contributed by atoms with E-state index in [1.54, 1.807) is 6.07 Å². The third kappa shape index (κ3) is 2.56. The van der Waals surface area contributed by atoms with Crippen LogP contribution in [0.5, 0.6) is 0 Å². The minimum Gasteiger partial charge on any atom is -0.383 e. The molecule has 9 heteroatoms. The molecule has 7 nitrogen and oxygen atoms in total. The van der Waals surface area contributed by atoms with E-state index in [4.69, 9.17) is 5.73 Å². The smallest absolute Gasteiger partial charge is 0.268 e. The van der Waals surface area contributed by atoms with Crippen molar-refractivity contribution < 1.29 is 8.42 Å². The first-order valence-corrected chi connectivity index (χ1v) is 6.70. The normalized spacial score (nSPS) is 11.4. The van der Waals surface area contributed by atoms with E-state index in [0.717, 1.165) is 10.7 Å². The largest absolute Gasteiger partial charge is 0.383 e. The van der Waals surface area contributed by atoms with Crippen LogP contribution in [-0.2, 0) is 10.0 Å². The molecule has 0 aliphatic heterocycles. The second-order valence-corrected chi connectivity index (χ2v) is 5.68. The summed E-state index contributed by atoms with van der Waals surface area (Å²) in [6, 6.07) is 3.20. The van der Waals surface area contributed by atoms with Gasteiger partial charge < -0.3 is 5.73 Å². The number of nitrogens with one attached hydrogen (secondary N) is 2. The van der Waals surface area contributed by atoms with Gasteiger partial charge in [0.2, 0.25) is 0 Å². The van der Waals surface area contributed by atoms with Crippen molar-refractivity contribution in [2.75, 3.05) is 10.5 Å². The van der Waals surface area contributed by atoms with E-state index in [9.17, 15) is 8.42 Å². The Kier molecular flexibility index (Phi) is 3.03. The second-order valence-electron chi connectivity index (χ2n) is 3.12. The lowest BCUT2D eigenvalue weighted by atomic mass is 10.5. The number of aromatic amines is 1. The zero-order valence-electron chi connectivity index (χ0n) is 8.38. The van der Waals surface area contributed by atoms with Crippen LogP contribution in [0, 0.1) is 0 Å². The molecule has 0 amide bonds. The van der Waals surface area contributed by atoms with Crippen LogP contribution in [0.4, 0.5) is 11.6 Å². The number of H-pyrrole nitrogens is 1. The van der Waals surface area contributed by atoms with Crippen LogP contribution >= 0.6 is 15.9 Å². The van der Waals surface area contributed by atoms with Crippen molar-refractivity contribution in [2.45, 2.75) is 4.90 Å². The van der Waals surface area contributed by atoms with Gasteiger partial charge in [-0.25, -0.2) is 13.4 Å². The number of rotatable bonds is 3. The van der Waals surface area contributed by atoms with Crippen LogP contribution in [0.1, 0.15) is 0 Å². The quantitative estimate of drug-likeness (QED) is 0.779. The maximum Gasteiger partial charge on any atom is 0.268 e. The minimum atomic E-state index is -3.76. The molecule has 0 atom stereocenters. The number of halogens is 1. The number of nitrogens with zero attached hydrogens (tertiary/aromatic N) is 2. The minimum absolute atomic E-state index is 0.0189. The van der Waals surface area contributed by atoms with Crippen LogP contribution < -0.4 is 10.5 Å². The lowest BCUT2D eigenvalue weighted by Crippen LogP contribution is -2.14. The Hall–Kier alpha value is -1.61. The van der Waals surface area contributed by atoms with Gasteiger partial charge in [0, 0.05) is 10.7 Å². The van der Waals surface area contributed by atoms with E-state index >= 15 is 0 Å². The van der Waals surface area contributed by atoms with Crippen molar-refractivity contribution in [1.82, 2.24) is 15.2 Å². The Morgan fingerprint density at radius 2 is 2.12 bits per heavy atom. The van der Waals surface area contributed by atoms with Gasteiger partial charge in [-0.05, 0) is 28.1 Å². The van der Waals surface area contributed by atoms with Crippen molar-refractivity contribution in [2.24, 2.45) is 0 Å². The molecule has 0 fully saturated rings. The van der Waals surface area contributed by atoms with Gasteiger partial charge in [-0.1, -0.05) is 0 Å². The summed E-state index contributed by atoms with van der Waals surface area (Å²) in [5.41, 5.74) is 5.44. The molecule has 2 aromatic heterocycles. The van der Waals surface area contributed by atoms with Crippen molar-refractivity contribution in [3.63, 3.8) is 0 Å². The highest BCUT2D eigenvalue weighted by atomic mass is 79.9. The standard InChI is InChI=1S/C8H8BrN5O2S/c9-5-1-2-7(11-3-5)14-17(15,16)6-4-12-13-8(6)10/h1-4H,(H,11,14)(H3,10,12,13). The fourth-order valence-corrected chi connectivity index (χ4v) is 2.40. The molecule has 0 saturated carbocycles. The molecule has 2 heterocycles. The first-order valence-electron chi connectivity index (χ1n) is 4.42. The third-order valence-electron chi connectivity index (χ3n) is 1.89. The lowest BCUT2D eigenvalue weighted by molar-refractivity contribution is 0.601. The highest BCUT2D eigenvalue weighted by molar-refractivity contribution is 9.10. The molecule has 2 aromatic rings. The molecule has 0 aromatic carbocycles. The third-order valence-corrected chi connectivity index (χ3v) is 3.74. The molecule has 0 aliphatic rings. The summed E-state index contributed by atoms with van der Waals surface area (Å²) in [6.07, 6.45) is 2.62. The lowest BCUT2D eigenvalue weighted by Gasteiger charge is -2.05. The van der Waals surface area contributed by atoms with Crippen molar-refractivity contribution in [3.8, 4) is 0 Å². The van der Waals surface area contributed by atoms with Crippen molar-refractivity contribution in [3.05, 3.63) is 29.0 Å². The van der Waals surface area contributed by atoms with Crippen molar-refractivity contribution in [1.29, 1.82) is 0 Å². The molecule has 0 aliphatic carbocycles. The molecule has 0 radical (unpaired) electrons. The summed E-state index contributed by atoms with van der Waals surface area (Å²) < 4.78 is 26.8. The molecule has 0 unspecified atom stereocenters. The Balaban J connectivity index is 2.30. The van der Waals surface area contributed by atoms with E-state index in [1.165, 1.54) is 12.3 Å². The molecule has 0 saturated heterocycles. The highest BCUT2D eigenvalue weighted by Crippen LogP contribution is 2.18. The number of aromatic nitrogens is 3. The molecule has 4 N–H and O–H groups in total. The summed E-state index contributed by atoms with van der Waals surface area (Å²) in [7, 11) is -3.76. The maximum absolute atomic E-state index is 11.9. The van der Waals surface area contributed by atoms with Gasteiger partial charge in [0.1, 0.15) is 16.5 Å². The summed E-state index contributed by atoms with van der Waals surface area (Å²) in [5.74, 6) is 0.184. The van der Waals surface area contributed by atoms with Crippen LogP contribution in [0.15, 0.2) is 33.9 Å². The van der Waals surface area contributed by atoms with E-state index < -0.39 is 10.0 Å². The van der Waals surface area contributed by atoms with Gasteiger partial charge in [0.15, 0.2) is 0 Å². The van der Waals surface area contributed by atoms with E-state index in [-0.39, 0.29) is 16.5 Å². The molecule has 17 heavy (non-hydrogen) atoms. The predicted molar refractivity (Wildman–Crippen MR) is 65.7 cm³/mol. The number of nitrogens with two attached hydrogens (primary N) is 1. The van der Waals surface area contributed by atoms with Gasteiger partial charge >= 0.3 is 0 Å². The Morgan fingerprint density at radius 1 is 1.35 bits per heavy atom. The molecule has 2 rings (SSSR count).